The molecule has 1 saturated heterocycles. The molecule has 1 N–H and O–H groups in total. The summed E-state index contributed by atoms with van der Waals surface area (Å²) in [5.41, 5.74) is 4.26. The average Bonchev–Trinajstić information content (AvgIpc) is 2.67. The van der Waals surface area contributed by atoms with Crippen LogP contribution in [0.2, 0.25) is 0 Å². The number of nitrogens with one attached hydrogen (secondary N) is 1. The normalized spacial score (nSPS) is 29.6. The molecule has 2 aromatic carbocycles. The van der Waals surface area contributed by atoms with Crippen molar-refractivity contribution >= 4 is 0 Å². The van der Waals surface area contributed by atoms with Gasteiger partial charge in [0.05, 0.1) is 0 Å². The predicted octanol–water partition coefficient (Wildman–Crippen LogP) is 4.75. The van der Waals surface area contributed by atoms with E-state index in [-0.39, 0.29) is 5.82 Å². The van der Waals surface area contributed by atoms with E-state index >= 15 is 0 Å². The van der Waals surface area contributed by atoms with Gasteiger partial charge < -0.3 is 10.1 Å². The van der Waals surface area contributed by atoms with Crippen molar-refractivity contribution in [1.82, 2.24) is 5.32 Å². The van der Waals surface area contributed by atoms with E-state index in [1.807, 2.05) is 6.07 Å². The Morgan fingerprint density at radius 3 is 3.00 bits per heavy atom. The van der Waals surface area contributed by atoms with Crippen molar-refractivity contribution in [2.75, 3.05) is 6.54 Å². The molecular weight excluding hydrogens is 325 g/mol. The second kappa shape index (κ2) is 6.38. The molecule has 5 rings (SSSR count). The van der Waals surface area contributed by atoms with Crippen LogP contribution < -0.4 is 10.1 Å². The molecule has 1 aliphatic heterocycles. The zero-order chi connectivity index (χ0) is 17.6. The number of piperidine rings is 1. The molecule has 2 nitrogen and oxygen atoms in total. The summed E-state index contributed by atoms with van der Waals surface area (Å²) in [4.78, 5) is 0. The van der Waals surface area contributed by atoms with Gasteiger partial charge in [-0.15, -0.1) is 0 Å². The van der Waals surface area contributed by atoms with Crippen LogP contribution in [0.5, 0.6) is 5.75 Å². The van der Waals surface area contributed by atoms with Crippen LogP contribution >= 0.6 is 0 Å². The summed E-state index contributed by atoms with van der Waals surface area (Å²) in [6, 6.07) is 14.0. The third-order valence-corrected chi connectivity index (χ3v) is 6.91. The van der Waals surface area contributed by atoms with Crippen LogP contribution in [0.4, 0.5) is 4.39 Å². The maximum absolute atomic E-state index is 13.4. The lowest BCUT2D eigenvalue weighted by Gasteiger charge is -2.56. The predicted molar refractivity (Wildman–Crippen MR) is 101 cm³/mol. The molecule has 1 heterocycles. The van der Waals surface area contributed by atoms with Crippen LogP contribution in [0, 0.1) is 11.7 Å². The molecule has 0 radical (unpaired) electrons. The van der Waals surface area contributed by atoms with Gasteiger partial charge in [-0.1, -0.05) is 31.0 Å². The molecule has 136 valence electrons. The molecule has 1 saturated carbocycles. The van der Waals surface area contributed by atoms with E-state index in [1.165, 1.54) is 49.3 Å². The summed E-state index contributed by atoms with van der Waals surface area (Å²) >= 11 is 0. The smallest absolute Gasteiger partial charge is 0.123 e. The molecule has 2 aromatic rings. The Balaban J connectivity index is 1.45. The molecule has 2 fully saturated rings. The third kappa shape index (κ3) is 2.64. The highest BCUT2D eigenvalue weighted by Gasteiger charge is 2.51. The highest BCUT2D eigenvalue weighted by molar-refractivity contribution is 5.45. The van der Waals surface area contributed by atoms with Crippen LogP contribution in [-0.2, 0) is 18.4 Å². The first kappa shape index (κ1) is 16.3. The molecule has 3 heteroatoms. The summed E-state index contributed by atoms with van der Waals surface area (Å²) in [7, 11) is 0. The van der Waals surface area contributed by atoms with E-state index in [9.17, 15) is 4.39 Å². The third-order valence-electron chi connectivity index (χ3n) is 6.91. The van der Waals surface area contributed by atoms with Crippen molar-refractivity contribution < 1.29 is 9.13 Å². The van der Waals surface area contributed by atoms with Gasteiger partial charge in [0, 0.05) is 11.5 Å². The van der Waals surface area contributed by atoms with E-state index in [2.05, 4.69) is 23.5 Å². The monoisotopic (exact) mass is 351 g/mol. The summed E-state index contributed by atoms with van der Waals surface area (Å²) in [6.45, 7) is 1.55. The summed E-state index contributed by atoms with van der Waals surface area (Å²) in [6.07, 6.45) is 7.77. The van der Waals surface area contributed by atoms with E-state index in [0.717, 1.165) is 30.2 Å². The minimum atomic E-state index is -0.207. The van der Waals surface area contributed by atoms with Crippen molar-refractivity contribution in [3.05, 3.63) is 65.0 Å². The van der Waals surface area contributed by atoms with E-state index < -0.39 is 0 Å². The Morgan fingerprint density at radius 1 is 1.12 bits per heavy atom. The Kier molecular flexibility index (Phi) is 4.00. The SMILES string of the molecule is Fc1cccc(COc2ccc3c(c2)[C@]24CCCC[C@@H]2[C@H](C3)NCC4)c1. The summed E-state index contributed by atoms with van der Waals surface area (Å²) < 4.78 is 19.4. The molecular formula is C23H26FNO. The van der Waals surface area contributed by atoms with Gasteiger partial charge in [0.2, 0.25) is 0 Å². The number of benzene rings is 2. The number of hydrogen-bond donors (Lipinski definition) is 1. The van der Waals surface area contributed by atoms with Gasteiger partial charge in [-0.2, -0.15) is 0 Å². The fraction of sp³-hybridized carbons (Fsp3) is 0.478. The quantitative estimate of drug-likeness (QED) is 0.861. The zero-order valence-electron chi connectivity index (χ0n) is 15.1. The lowest BCUT2D eigenvalue weighted by molar-refractivity contribution is 0.0794. The molecule has 0 amide bonds. The van der Waals surface area contributed by atoms with Gasteiger partial charge in [-0.05, 0) is 79.1 Å². The largest absolute Gasteiger partial charge is 0.489 e. The lowest BCUT2D eigenvalue weighted by atomic mass is 9.53. The maximum Gasteiger partial charge on any atom is 0.123 e. The number of hydrogen-bond acceptors (Lipinski definition) is 2. The number of halogens is 1. The van der Waals surface area contributed by atoms with E-state index in [0.29, 0.717) is 18.1 Å². The van der Waals surface area contributed by atoms with Crippen LogP contribution in [0.3, 0.4) is 0 Å². The van der Waals surface area contributed by atoms with Crippen LogP contribution in [0.25, 0.3) is 0 Å². The molecule has 2 aliphatic carbocycles. The minimum Gasteiger partial charge on any atom is -0.489 e. The van der Waals surface area contributed by atoms with Crippen molar-refractivity contribution in [2.45, 2.75) is 56.6 Å². The van der Waals surface area contributed by atoms with Gasteiger partial charge in [0.1, 0.15) is 18.2 Å². The van der Waals surface area contributed by atoms with Crippen molar-refractivity contribution in [2.24, 2.45) is 5.92 Å². The lowest BCUT2D eigenvalue weighted by Crippen LogP contribution is -2.59. The summed E-state index contributed by atoms with van der Waals surface area (Å²) in [5.74, 6) is 1.49. The first-order chi connectivity index (χ1) is 12.7. The van der Waals surface area contributed by atoms with Gasteiger partial charge in [0.25, 0.3) is 0 Å². The highest BCUT2D eigenvalue weighted by atomic mass is 19.1. The Morgan fingerprint density at radius 2 is 2.08 bits per heavy atom. The first-order valence-electron chi connectivity index (χ1n) is 9.99. The van der Waals surface area contributed by atoms with Crippen LogP contribution in [0.1, 0.15) is 48.8 Å². The first-order valence-corrected chi connectivity index (χ1v) is 9.99. The second-order valence-corrected chi connectivity index (χ2v) is 8.26. The number of ether oxygens (including phenoxy) is 1. The standard InChI is InChI=1S/C23H26FNO/c24-18-5-3-4-16(12-18)15-26-19-8-7-17-13-22-20-6-1-2-9-23(20,10-11-25-22)21(17)14-19/h3-5,7-8,12,14,20,22,25H,1-2,6,9-11,13,15H2/t20-,22+,23+/m1/s1. The van der Waals surface area contributed by atoms with Crippen molar-refractivity contribution in [3.8, 4) is 5.75 Å². The van der Waals surface area contributed by atoms with E-state index in [1.54, 1.807) is 12.1 Å². The molecule has 2 bridgehead atoms. The van der Waals surface area contributed by atoms with Crippen molar-refractivity contribution in [1.29, 1.82) is 0 Å². The zero-order valence-corrected chi connectivity index (χ0v) is 15.1. The fourth-order valence-corrected chi connectivity index (χ4v) is 5.79. The van der Waals surface area contributed by atoms with Gasteiger partial charge in [0.15, 0.2) is 0 Å². The minimum absolute atomic E-state index is 0.207. The molecule has 0 spiro atoms. The van der Waals surface area contributed by atoms with Crippen LogP contribution in [-0.4, -0.2) is 12.6 Å². The van der Waals surface area contributed by atoms with Gasteiger partial charge in [-0.25, -0.2) is 4.39 Å². The topological polar surface area (TPSA) is 21.3 Å². The van der Waals surface area contributed by atoms with Crippen LogP contribution in [0.15, 0.2) is 42.5 Å². The highest BCUT2D eigenvalue weighted by Crippen LogP contribution is 2.54. The van der Waals surface area contributed by atoms with Crippen molar-refractivity contribution in [3.63, 3.8) is 0 Å². The average molecular weight is 351 g/mol. The van der Waals surface area contributed by atoms with Gasteiger partial charge in [-0.3, -0.25) is 0 Å². The molecule has 26 heavy (non-hydrogen) atoms. The number of rotatable bonds is 3. The molecule has 3 atom stereocenters. The molecule has 0 aromatic heterocycles. The Hall–Kier alpha value is -1.87. The van der Waals surface area contributed by atoms with Gasteiger partial charge >= 0.3 is 0 Å². The molecule has 0 unspecified atom stereocenters. The maximum atomic E-state index is 13.4. The Bertz CT molecular complexity index is 816. The van der Waals surface area contributed by atoms with E-state index in [4.69, 9.17) is 4.74 Å². The number of fused-ring (bicyclic) bond motifs is 1. The summed E-state index contributed by atoms with van der Waals surface area (Å²) in [5, 5.41) is 3.79. The Labute approximate surface area is 154 Å². The second-order valence-electron chi connectivity index (χ2n) is 8.26. The fourth-order valence-electron chi connectivity index (χ4n) is 5.79. The molecule has 3 aliphatic rings.